The molecule has 6 heteroatoms. The van der Waals surface area contributed by atoms with Crippen molar-refractivity contribution < 1.29 is 18.4 Å². The van der Waals surface area contributed by atoms with Gasteiger partial charge in [0.05, 0.1) is 12.2 Å². The third kappa shape index (κ3) is 4.12. The highest BCUT2D eigenvalue weighted by atomic mass is 19.1. The van der Waals surface area contributed by atoms with Gasteiger partial charge in [-0.05, 0) is 31.2 Å². The third-order valence-corrected chi connectivity index (χ3v) is 2.93. The van der Waals surface area contributed by atoms with Gasteiger partial charge in [0, 0.05) is 17.3 Å². The first-order valence-electron chi connectivity index (χ1n) is 6.55. The minimum absolute atomic E-state index is 0.0820. The number of carbonyl (C=O) groups is 2. The van der Waals surface area contributed by atoms with Crippen LogP contribution in [0.4, 0.5) is 20.2 Å². The average molecular weight is 304 g/mol. The molecule has 0 fully saturated rings. The first kappa shape index (κ1) is 15.6. The maximum atomic E-state index is 13.4. The summed E-state index contributed by atoms with van der Waals surface area (Å²) in [4.78, 5) is 23.0. The van der Waals surface area contributed by atoms with Gasteiger partial charge >= 0.3 is 0 Å². The Hall–Kier alpha value is -2.76. The third-order valence-electron chi connectivity index (χ3n) is 2.93. The van der Waals surface area contributed by atoms with E-state index in [9.17, 15) is 18.4 Å². The Bertz CT molecular complexity index is 717. The molecule has 22 heavy (non-hydrogen) atoms. The number of hydrogen-bond donors (Lipinski definition) is 2. The normalized spacial score (nSPS) is 10.1. The SMILES string of the molecule is CC(=O)c1cccc(NCC(=O)Nc2ccc(F)cc2F)c1. The van der Waals surface area contributed by atoms with Gasteiger partial charge in [-0.25, -0.2) is 8.78 Å². The summed E-state index contributed by atoms with van der Waals surface area (Å²) in [5.41, 5.74) is 1.03. The first-order valence-corrected chi connectivity index (χ1v) is 6.55. The van der Waals surface area contributed by atoms with Gasteiger partial charge in [-0.3, -0.25) is 9.59 Å². The number of amides is 1. The molecule has 0 heterocycles. The van der Waals surface area contributed by atoms with Gasteiger partial charge in [-0.1, -0.05) is 12.1 Å². The first-order chi connectivity index (χ1) is 10.5. The van der Waals surface area contributed by atoms with Crippen molar-refractivity contribution in [2.75, 3.05) is 17.2 Å². The largest absolute Gasteiger partial charge is 0.376 e. The van der Waals surface area contributed by atoms with Gasteiger partial charge in [-0.2, -0.15) is 0 Å². The van der Waals surface area contributed by atoms with Crippen LogP contribution in [0.15, 0.2) is 42.5 Å². The summed E-state index contributed by atoms with van der Waals surface area (Å²) in [7, 11) is 0. The second-order valence-corrected chi connectivity index (χ2v) is 4.66. The fourth-order valence-electron chi connectivity index (χ4n) is 1.82. The zero-order valence-electron chi connectivity index (χ0n) is 11.8. The van der Waals surface area contributed by atoms with Crippen molar-refractivity contribution in [2.24, 2.45) is 0 Å². The van der Waals surface area contributed by atoms with Gasteiger partial charge in [0.25, 0.3) is 0 Å². The van der Waals surface area contributed by atoms with Crippen LogP contribution in [-0.2, 0) is 4.79 Å². The van der Waals surface area contributed by atoms with Crippen molar-refractivity contribution in [2.45, 2.75) is 6.92 Å². The van der Waals surface area contributed by atoms with Crippen molar-refractivity contribution in [3.05, 3.63) is 59.7 Å². The minimum Gasteiger partial charge on any atom is -0.376 e. The number of anilines is 2. The van der Waals surface area contributed by atoms with E-state index >= 15 is 0 Å². The molecule has 114 valence electrons. The Labute approximate surface area is 126 Å². The predicted molar refractivity (Wildman–Crippen MR) is 79.9 cm³/mol. The Morgan fingerprint density at radius 3 is 2.55 bits per heavy atom. The molecule has 1 amide bonds. The number of hydrogen-bond acceptors (Lipinski definition) is 3. The van der Waals surface area contributed by atoms with Crippen LogP contribution in [0.5, 0.6) is 0 Å². The molecular weight excluding hydrogens is 290 g/mol. The topological polar surface area (TPSA) is 58.2 Å². The lowest BCUT2D eigenvalue weighted by molar-refractivity contribution is -0.114. The molecule has 2 N–H and O–H groups in total. The molecule has 2 rings (SSSR count). The van der Waals surface area contributed by atoms with E-state index in [-0.39, 0.29) is 18.0 Å². The molecule has 0 aliphatic carbocycles. The maximum Gasteiger partial charge on any atom is 0.243 e. The highest BCUT2D eigenvalue weighted by Gasteiger charge is 2.08. The van der Waals surface area contributed by atoms with Crippen molar-refractivity contribution in [3.63, 3.8) is 0 Å². The molecule has 0 aliphatic rings. The second kappa shape index (κ2) is 6.80. The Kier molecular flexibility index (Phi) is 4.83. The van der Waals surface area contributed by atoms with E-state index in [1.165, 1.54) is 6.92 Å². The lowest BCUT2D eigenvalue weighted by Gasteiger charge is -2.09. The number of carbonyl (C=O) groups excluding carboxylic acids is 2. The van der Waals surface area contributed by atoms with E-state index in [1.807, 2.05) is 0 Å². The molecule has 4 nitrogen and oxygen atoms in total. The van der Waals surface area contributed by atoms with Gasteiger partial charge in [0.1, 0.15) is 11.6 Å². The summed E-state index contributed by atoms with van der Waals surface area (Å²) < 4.78 is 26.2. The van der Waals surface area contributed by atoms with E-state index in [0.717, 1.165) is 12.1 Å². The van der Waals surface area contributed by atoms with Crippen molar-refractivity contribution in [3.8, 4) is 0 Å². The molecule has 0 bridgehead atoms. The molecule has 0 saturated carbocycles. The molecular formula is C16H14F2N2O2. The number of Topliss-reactive ketones (excluding diaryl/α,β-unsaturated/α-hetero) is 1. The number of benzene rings is 2. The zero-order valence-corrected chi connectivity index (χ0v) is 11.8. The average Bonchev–Trinajstić information content (AvgIpc) is 2.48. The quantitative estimate of drug-likeness (QED) is 0.834. The number of rotatable bonds is 5. The van der Waals surface area contributed by atoms with Crippen molar-refractivity contribution in [1.82, 2.24) is 0 Å². The summed E-state index contributed by atoms with van der Waals surface area (Å²) in [6.45, 7) is 1.33. The van der Waals surface area contributed by atoms with Crippen LogP contribution in [0.3, 0.4) is 0 Å². The molecule has 0 aliphatic heterocycles. The van der Waals surface area contributed by atoms with E-state index in [4.69, 9.17) is 0 Å². The molecule has 2 aromatic rings. The Morgan fingerprint density at radius 2 is 1.86 bits per heavy atom. The van der Waals surface area contributed by atoms with Crippen LogP contribution in [0.1, 0.15) is 17.3 Å². The molecule has 2 aromatic carbocycles. The molecule has 0 aromatic heterocycles. The molecule has 0 radical (unpaired) electrons. The predicted octanol–water partition coefficient (Wildman–Crippen LogP) is 3.22. The summed E-state index contributed by atoms with van der Waals surface area (Å²) in [6.07, 6.45) is 0. The van der Waals surface area contributed by atoms with Crippen LogP contribution in [0.2, 0.25) is 0 Å². The Balaban J connectivity index is 1.95. The molecule has 0 atom stereocenters. The summed E-state index contributed by atoms with van der Waals surface area (Å²) in [5.74, 6) is -2.12. The fraction of sp³-hybridized carbons (Fsp3) is 0.125. The lowest BCUT2D eigenvalue weighted by atomic mass is 10.1. The van der Waals surface area contributed by atoms with Gasteiger partial charge in [-0.15, -0.1) is 0 Å². The van der Waals surface area contributed by atoms with Crippen LogP contribution in [0, 0.1) is 11.6 Å². The molecule has 0 spiro atoms. The van der Waals surface area contributed by atoms with E-state index < -0.39 is 17.5 Å². The van der Waals surface area contributed by atoms with Crippen molar-refractivity contribution >= 4 is 23.1 Å². The second-order valence-electron chi connectivity index (χ2n) is 4.66. The highest BCUT2D eigenvalue weighted by Crippen LogP contribution is 2.15. The maximum absolute atomic E-state index is 13.4. The van der Waals surface area contributed by atoms with Crippen LogP contribution < -0.4 is 10.6 Å². The lowest BCUT2D eigenvalue weighted by Crippen LogP contribution is -2.22. The number of halogens is 2. The number of nitrogens with one attached hydrogen (secondary N) is 2. The standard InChI is InChI=1S/C16H14F2N2O2/c1-10(21)11-3-2-4-13(7-11)19-9-16(22)20-15-6-5-12(17)8-14(15)18/h2-8,19H,9H2,1H3,(H,20,22). The number of ketones is 1. The molecule has 0 saturated heterocycles. The van der Waals surface area contributed by atoms with Crippen molar-refractivity contribution in [1.29, 1.82) is 0 Å². The van der Waals surface area contributed by atoms with Crippen LogP contribution in [0.25, 0.3) is 0 Å². The summed E-state index contributed by atoms with van der Waals surface area (Å²) in [5, 5.41) is 5.16. The van der Waals surface area contributed by atoms with E-state index in [2.05, 4.69) is 10.6 Å². The zero-order chi connectivity index (χ0) is 16.1. The highest BCUT2D eigenvalue weighted by molar-refractivity contribution is 5.96. The minimum atomic E-state index is -0.841. The molecule has 0 unspecified atom stereocenters. The van der Waals surface area contributed by atoms with Crippen LogP contribution in [-0.4, -0.2) is 18.2 Å². The van der Waals surface area contributed by atoms with Crippen LogP contribution >= 0.6 is 0 Å². The van der Waals surface area contributed by atoms with Gasteiger partial charge < -0.3 is 10.6 Å². The fourth-order valence-corrected chi connectivity index (χ4v) is 1.82. The van der Waals surface area contributed by atoms with E-state index in [0.29, 0.717) is 17.3 Å². The van der Waals surface area contributed by atoms with E-state index in [1.54, 1.807) is 24.3 Å². The summed E-state index contributed by atoms with van der Waals surface area (Å²) in [6, 6.07) is 9.59. The monoisotopic (exact) mass is 304 g/mol. The van der Waals surface area contributed by atoms with Gasteiger partial charge in [0.2, 0.25) is 5.91 Å². The smallest absolute Gasteiger partial charge is 0.243 e. The Morgan fingerprint density at radius 1 is 1.09 bits per heavy atom. The summed E-state index contributed by atoms with van der Waals surface area (Å²) >= 11 is 0. The van der Waals surface area contributed by atoms with Gasteiger partial charge in [0.15, 0.2) is 5.78 Å².